The van der Waals surface area contributed by atoms with Gasteiger partial charge in [0, 0.05) is 26.1 Å². The number of carbonyl (C=O) groups excluding carboxylic acids is 3. The number of ether oxygens (including phenoxy) is 2. The minimum absolute atomic E-state index is 0.0719. The Labute approximate surface area is 324 Å². The summed E-state index contributed by atoms with van der Waals surface area (Å²) in [5, 5.41) is 13.5. The number of β-lactam (4-membered cyclic amide) rings is 1. The SMILES string of the molecule is C=CC(=O)C(OC)[C@H]1[C@@H]([C@@H](C)O[Si](C)(C)C(C)(C)C)C(=O)N1C(C(=O)OCc1ccc([N+](=O)[O-])cc1)=P(c1ccccc1)(c1ccccc1)c1ccccc1. The molecule has 0 aliphatic carbocycles. The first-order valence-electron chi connectivity index (χ1n) is 18.1. The van der Waals surface area contributed by atoms with Crippen LogP contribution in [0.4, 0.5) is 5.69 Å². The lowest BCUT2D eigenvalue weighted by Crippen LogP contribution is -2.73. The quantitative estimate of drug-likeness (QED) is 0.0246. The Balaban J connectivity index is 1.85. The van der Waals surface area contributed by atoms with Crippen LogP contribution in [0.2, 0.25) is 18.1 Å². The minimum atomic E-state index is -3.34. The smallest absolute Gasteiger partial charge is 0.356 e. The van der Waals surface area contributed by atoms with Gasteiger partial charge in [-0.05, 0) is 64.7 Å². The molecule has 4 atom stereocenters. The van der Waals surface area contributed by atoms with Crippen LogP contribution in [0.25, 0.3) is 0 Å². The summed E-state index contributed by atoms with van der Waals surface area (Å²) >= 11 is 0. The third kappa shape index (κ3) is 8.07. The van der Waals surface area contributed by atoms with Crippen molar-refractivity contribution in [1.29, 1.82) is 0 Å². The van der Waals surface area contributed by atoms with Crippen LogP contribution in [0.3, 0.4) is 0 Å². The summed E-state index contributed by atoms with van der Waals surface area (Å²) in [6, 6.07) is 33.4. The van der Waals surface area contributed by atoms with E-state index in [9.17, 15) is 14.9 Å². The number of amides is 1. The van der Waals surface area contributed by atoms with Crippen molar-refractivity contribution in [1.82, 2.24) is 4.90 Å². The standard InChI is InChI=1S/C43H49N2O8PSi/c1-9-36(46)39(51-6)38-37(30(2)53-55(7,8)43(3,4)5)40(47)44(38)41(42(48)52-29-31-25-27-32(28-26-31)45(49)50)54(33-19-13-10-14-20-33,34-21-15-11-16-22-34)35-23-17-12-18-24-35/h9-28,30,37-39H,1,29H2,2-8H3/t30-,37-,38-,39?/m1/s1. The summed E-state index contributed by atoms with van der Waals surface area (Å²) < 4.78 is 18.9. The Morgan fingerprint density at radius 3 is 1.76 bits per heavy atom. The summed E-state index contributed by atoms with van der Waals surface area (Å²) in [4.78, 5) is 56.4. The van der Waals surface area contributed by atoms with E-state index in [0.29, 0.717) is 5.56 Å². The predicted molar refractivity (Wildman–Crippen MR) is 221 cm³/mol. The third-order valence-electron chi connectivity index (χ3n) is 10.7. The van der Waals surface area contributed by atoms with Crippen LogP contribution in [-0.4, -0.2) is 66.6 Å². The Hall–Kier alpha value is -4.93. The third-order valence-corrected chi connectivity index (χ3v) is 19.5. The molecular formula is C43H49N2O8PSi. The molecule has 55 heavy (non-hydrogen) atoms. The molecule has 1 amide bonds. The first-order valence-corrected chi connectivity index (χ1v) is 22.8. The highest BCUT2D eigenvalue weighted by Gasteiger charge is 2.60. The molecule has 10 nitrogen and oxygen atoms in total. The molecule has 1 saturated heterocycles. The van der Waals surface area contributed by atoms with E-state index >= 15 is 9.59 Å². The van der Waals surface area contributed by atoms with Gasteiger partial charge >= 0.3 is 5.97 Å². The van der Waals surface area contributed by atoms with Crippen LogP contribution in [0.1, 0.15) is 33.3 Å². The molecule has 12 heteroatoms. The monoisotopic (exact) mass is 780 g/mol. The van der Waals surface area contributed by atoms with Crippen LogP contribution in [0, 0.1) is 16.0 Å². The molecule has 4 aromatic rings. The second kappa shape index (κ2) is 16.8. The molecule has 1 unspecified atom stereocenters. The first kappa shape index (κ1) is 41.2. The number of hydrogen-bond donors (Lipinski definition) is 0. The summed E-state index contributed by atoms with van der Waals surface area (Å²) in [6.45, 7) is 12.6. The van der Waals surface area contributed by atoms with Crippen molar-refractivity contribution in [3.63, 3.8) is 0 Å². The number of likely N-dealkylation sites (tertiary alicyclic amines) is 1. The Morgan fingerprint density at radius 2 is 1.36 bits per heavy atom. The van der Waals surface area contributed by atoms with Crippen molar-refractivity contribution in [2.75, 3.05) is 7.11 Å². The molecule has 1 aliphatic rings. The van der Waals surface area contributed by atoms with Gasteiger partial charge in [0.05, 0.1) is 23.0 Å². The zero-order valence-electron chi connectivity index (χ0n) is 32.4. The van der Waals surface area contributed by atoms with Gasteiger partial charge in [-0.15, -0.1) is 0 Å². The molecule has 0 N–H and O–H groups in total. The molecule has 288 valence electrons. The number of nitro benzene ring substituents is 1. The lowest BCUT2D eigenvalue weighted by atomic mass is 9.78. The second-order valence-electron chi connectivity index (χ2n) is 15.1. The Kier molecular flexibility index (Phi) is 12.6. The molecular weight excluding hydrogens is 732 g/mol. The molecule has 1 aliphatic heterocycles. The highest BCUT2D eigenvalue weighted by molar-refractivity contribution is 7.96. The summed E-state index contributed by atoms with van der Waals surface area (Å²) in [6.07, 6.45) is -0.654. The molecule has 1 fully saturated rings. The highest BCUT2D eigenvalue weighted by atomic mass is 31.2. The van der Waals surface area contributed by atoms with Crippen LogP contribution in [-0.2, 0) is 34.9 Å². The van der Waals surface area contributed by atoms with Gasteiger partial charge in [0.2, 0.25) is 5.91 Å². The topological polar surface area (TPSA) is 125 Å². The van der Waals surface area contributed by atoms with E-state index in [4.69, 9.17) is 13.9 Å². The van der Waals surface area contributed by atoms with Crippen LogP contribution >= 0.6 is 6.89 Å². The number of nitro groups is 1. The molecule has 0 bridgehead atoms. The summed E-state index contributed by atoms with van der Waals surface area (Å²) in [7, 11) is -1.02. The largest absolute Gasteiger partial charge is 0.456 e. The second-order valence-corrected chi connectivity index (χ2v) is 23.1. The van der Waals surface area contributed by atoms with Crippen molar-refractivity contribution in [2.24, 2.45) is 5.92 Å². The van der Waals surface area contributed by atoms with Gasteiger partial charge in [0.15, 0.2) is 14.1 Å². The Morgan fingerprint density at radius 1 is 0.891 bits per heavy atom. The number of hydrogen-bond acceptors (Lipinski definition) is 8. The van der Waals surface area contributed by atoms with Crippen LogP contribution in [0.5, 0.6) is 0 Å². The molecule has 0 radical (unpaired) electrons. The van der Waals surface area contributed by atoms with Crippen molar-refractivity contribution in [2.45, 2.75) is 70.7 Å². The van der Waals surface area contributed by atoms with Gasteiger partial charge in [-0.25, -0.2) is 4.79 Å². The zero-order valence-corrected chi connectivity index (χ0v) is 34.3. The van der Waals surface area contributed by atoms with Crippen molar-refractivity contribution >= 4 is 59.9 Å². The van der Waals surface area contributed by atoms with E-state index in [-0.39, 0.29) is 22.8 Å². The molecule has 0 aromatic heterocycles. The highest BCUT2D eigenvalue weighted by Crippen LogP contribution is 2.51. The molecule has 5 rings (SSSR count). The van der Waals surface area contributed by atoms with Crippen molar-refractivity contribution < 1.29 is 33.2 Å². The number of nitrogens with zero attached hydrogens (tertiary/aromatic N) is 2. The van der Waals surface area contributed by atoms with E-state index in [1.54, 1.807) is 0 Å². The number of esters is 1. The van der Waals surface area contributed by atoms with Gasteiger partial charge in [-0.2, -0.15) is 0 Å². The van der Waals surface area contributed by atoms with E-state index in [2.05, 4.69) is 40.4 Å². The fourth-order valence-electron chi connectivity index (χ4n) is 6.93. The van der Waals surface area contributed by atoms with E-state index in [0.717, 1.165) is 15.9 Å². The fraction of sp³-hybridized carbons (Fsp3) is 0.302. The maximum atomic E-state index is 15.3. The van der Waals surface area contributed by atoms with E-state index < -0.39 is 62.0 Å². The van der Waals surface area contributed by atoms with Crippen molar-refractivity contribution in [3.8, 4) is 0 Å². The average molecular weight is 781 g/mol. The fourth-order valence-corrected chi connectivity index (χ4v) is 12.7. The summed E-state index contributed by atoms with van der Waals surface area (Å²) in [5.41, 5.74) is 0.484. The molecule has 1 heterocycles. The molecule has 4 aromatic carbocycles. The van der Waals surface area contributed by atoms with Gasteiger partial charge in [0.25, 0.3) is 5.69 Å². The van der Waals surface area contributed by atoms with Gasteiger partial charge < -0.3 is 13.9 Å². The van der Waals surface area contributed by atoms with Gasteiger partial charge in [0.1, 0.15) is 18.1 Å². The lowest BCUT2D eigenvalue weighted by molar-refractivity contribution is -0.384. The Bertz CT molecular complexity index is 1980. The summed E-state index contributed by atoms with van der Waals surface area (Å²) in [5.74, 6) is -2.48. The van der Waals surface area contributed by atoms with Crippen LogP contribution < -0.4 is 15.9 Å². The van der Waals surface area contributed by atoms with Crippen LogP contribution in [0.15, 0.2) is 128 Å². The van der Waals surface area contributed by atoms with Crippen molar-refractivity contribution in [3.05, 3.63) is 144 Å². The average Bonchev–Trinajstić information content (AvgIpc) is 3.17. The van der Waals surface area contributed by atoms with Gasteiger partial charge in [-0.3, -0.25) is 24.6 Å². The number of methoxy groups -OCH3 is 1. The first-order chi connectivity index (χ1) is 26.1. The maximum absolute atomic E-state index is 15.3. The lowest BCUT2D eigenvalue weighted by Gasteiger charge is -2.54. The number of rotatable bonds is 15. The number of carbonyl (C=O) groups is 3. The predicted octanol–water partition coefficient (Wildman–Crippen LogP) is 6.77. The van der Waals surface area contributed by atoms with E-state index in [1.807, 2.05) is 97.9 Å². The molecule has 0 saturated carbocycles. The zero-order chi connectivity index (χ0) is 40.1. The maximum Gasteiger partial charge on any atom is 0.356 e. The van der Waals surface area contributed by atoms with Gasteiger partial charge in [-0.1, -0.05) is 118 Å². The number of benzene rings is 4. The minimum Gasteiger partial charge on any atom is -0.456 e. The number of ketones is 1. The van der Waals surface area contributed by atoms with E-state index in [1.165, 1.54) is 42.4 Å². The number of non-ortho nitro benzene ring substituents is 1. The molecule has 0 spiro atoms. The normalized spacial score (nSPS) is 17.1.